The van der Waals surface area contributed by atoms with Gasteiger partial charge in [0, 0.05) is 11.8 Å². The molecule has 4 nitrogen and oxygen atoms in total. The van der Waals surface area contributed by atoms with Crippen molar-refractivity contribution in [1.29, 1.82) is 0 Å². The molecule has 2 amide bonds. The number of nitrogens with one attached hydrogen (secondary N) is 1. The zero-order chi connectivity index (χ0) is 13.6. The van der Waals surface area contributed by atoms with E-state index in [1.165, 1.54) is 18.6 Å². The molecule has 19 heavy (non-hydrogen) atoms. The van der Waals surface area contributed by atoms with E-state index in [9.17, 15) is 9.59 Å². The van der Waals surface area contributed by atoms with E-state index in [0.717, 1.165) is 19.4 Å². The molecule has 106 valence electrons. The lowest BCUT2D eigenvalue weighted by Crippen LogP contribution is -2.70. The summed E-state index contributed by atoms with van der Waals surface area (Å²) in [6.07, 6.45) is 4.52. The van der Waals surface area contributed by atoms with E-state index < -0.39 is 5.54 Å². The highest BCUT2D eigenvalue weighted by molar-refractivity contribution is 8.00. The third-order valence-corrected chi connectivity index (χ3v) is 6.13. The quantitative estimate of drug-likeness (QED) is 0.851. The molecule has 1 N–H and O–H groups in total. The molecule has 2 saturated heterocycles. The lowest BCUT2D eigenvalue weighted by Gasteiger charge is -2.44. The monoisotopic (exact) mass is 282 g/mol. The van der Waals surface area contributed by atoms with Gasteiger partial charge in [0.2, 0.25) is 11.8 Å². The largest absolute Gasteiger partial charge is 0.340 e. The maximum atomic E-state index is 12.8. The van der Waals surface area contributed by atoms with Crippen molar-refractivity contribution in [2.45, 2.75) is 56.4 Å². The summed E-state index contributed by atoms with van der Waals surface area (Å²) in [7, 11) is 0. The maximum absolute atomic E-state index is 12.8. The first-order chi connectivity index (χ1) is 9.02. The molecule has 0 aromatic rings. The van der Waals surface area contributed by atoms with Crippen LogP contribution >= 0.6 is 11.8 Å². The van der Waals surface area contributed by atoms with Crippen molar-refractivity contribution in [1.82, 2.24) is 10.2 Å². The van der Waals surface area contributed by atoms with E-state index in [0.29, 0.717) is 11.2 Å². The highest BCUT2D eigenvalue weighted by Crippen LogP contribution is 2.42. The van der Waals surface area contributed by atoms with Crippen molar-refractivity contribution in [3.8, 4) is 0 Å². The summed E-state index contributed by atoms with van der Waals surface area (Å²) in [6.45, 7) is 4.49. The second-order valence-electron chi connectivity index (χ2n) is 6.23. The number of carbonyl (C=O) groups is 2. The standard InChI is InChI=1S/C14H22N2O2S/c1-9-12(17)15-14(2,10-5-6-10)13(18)16(9)8-11-4-3-7-19-11/h9-11H,3-8H2,1-2H3,(H,15,17). The van der Waals surface area contributed by atoms with Crippen molar-refractivity contribution in [2.24, 2.45) is 5.92 Å². The van der Waals surface area contributed by atoms with Crippen molar-refractivity contribution >= 4 is 23.6 Å². The summed E-state index contributed by atoms with van der Waals surface area (Å²) in [4.78, 5) is 26.8. The van der Waals surface area contributed by atoms with E-state index in [1.54, 1.807) is 0 Å². The third kappa shape index (κ3) is 2.26. The predicted octanol–water partition coefficient (Wildman–Crippen LogP) is 1.40. The van der Waals surface area contributed by atoms with Crippen molar-refractivity contribution in [3.05, 3.63) is 0 Å². The highest BCUT2D eigenvalue weighted by atomic mass is 32.2. The van der Waals surface area contributed by atoms with Crippen molar-refractivity contribution in [3.63, 3.8) is 0 Å². The van der Waals surface area contributed by atoms with Gasteiger partial charge < -0.3 is 10.2 Å². The van der Waals surface area contributed by atoms with Gasteiger partial charge in [-0.05, 0) is 51.2 Å². The molecular weight excluding hydrogens is 260 g/mol. The van der Waals surface area contributed by atoms with Crippen LogP contribution in [0.5, 0.6) is 0 Å². The Balaban J connectivity index is 1.78. The van der Waals surface area contributed by atoms with E-state index in [4.69, 9.17) is 0 Å². The zero-order valence-electron chi connectivity index (χ0n) is 11.6. The predicted molar refractivity (Wildman–Crippen MR) is 75.9 cm³/mol. The molecule has 5 heteroatoms. The Morgan fingerprint density at radius 1 is 1.37 bits per heavy atom. The molecule has 0 aromatic carbocycles. The SMILES string of the molecule is CC1C(=O)NC(C)(C2CC2)C(=O)N1CC1CCCS1. The summed E-state index contributed by atoms with van der Waals surface area (Å²) in [5, 5.41) is 3.49. The van der Waals surface area contributed by atoms with Crippen LogP contribution in [0.1, 0.15) is 39.5 Å². The number of amides is 2. The Hall–Kier alpha value is -0.710. The van der Waals surface area contributed by atoms with Gasteiger partial charge in [-0.1, -0.05) is 0 Å². The average Bonchev–Trinajstić information content (AvgIpc) is 3.12. The van der Waals surface area contributed by atoms with E-state index in [1.807, 2.05) is 30.5 Å². The fourth-order valence-corrected chi connectivity index (χ4v) is 4.48. The molecule has 3 rings (SSSR count). The van der Waals surface area contributed by atoms with Crippen molar-refractivity contribution in [2.75, 3.05) is 12.3 Å². The van der Waals surface area contributed by atoms with Crippen LogP contribution in [0.25, 0.3) is 0 Å². The van der Waals surface area contributed by atoms with Gasteiger partial charge in [0.15, 0.2) is 0 Å². The lowest BCUT2D eigenvalue weighted by atomic mass is 9.89. The van der Waals surface area contributed by atoms with Crippen LogP contribution in [-0.2, 0) is 9.59 Å². The molecule has 0 spiro atoms. The molecule has 0 bridgehead atoms. The summed E-state index contributed by atoms with van der Waals surface area (Å²) < 4.78 is 0. The Kier molecular flexibility index (Phi) is 3.28. The highest BCUT2D eigenvalue weighted by Gasteiger charge is 2.54. The number of thioether (sulfide) groups is 1. The Bertz CT molecular complexity index is 404. The minimum absolute atomic E-state index is 0.0111. The molecule has 1 saturated carbocycles. The van der Waals surface area contributed by atoms with Gasteiger partial charge in [0.1, 0.15) is 11.6 Å². The fraction of sp³-hybridized carbons (Fsp3) is 0.857. The Morgan fingerprint density at radius 3 is 2.68 bits per heavy atom. The summed E-state index contributed by atoms with van der Waals surface area (Å²) in [5.74, 6) is 1.68. The molecule has 2 aliphatic heterocycles. The molecule has 3 aliphatic rings. The first kappa shape index (κ1) is 13.3. The second kappa shape index (κ2) is 4.69. The van der Waals surface area contributed by atoms with Gasteiger partial charge in [-0.2, -0.15) is 11.8 Å². The number of piperazine rings is 1. The van der Waals surface area contributed by atoms with Gasteiger partial charge in [0.25, 0.3) is 0 Å². The summed E-state index contributed by atoms with van der Waals surface area (Å²) >= 11 is 1.94. The van der Waals surface area contributed by atoms with Crippen LogP contribution in [0.3, 0.4) is 0 Å². The molecular formula is C14H22N2O2S. The maximum Gasteiger partial charge on any atom is 0.249 e. The second-order valence-corrected chi connectivity index (χ2v) is 7.64. The molecule has 3 atom stereocenters. The Morgan fingerprint density at radius 2 is 2.11 bits per heavy atom. The lowest BCUT2D eigenvalue weighted by molar-refractivity contribution is -0.154. The number of nitrogens with zero attached hydrogens (tertiary/aromatic N) is 1. The smallest absolute Gasteiger partial charge is 0.249 e. The minimum Gasteiger partial charge on any atom is -0.340 e. The summed E-state index contributed by atoms with van der Waals surface area (Å²) in [6, 6.07) is -0.319. The van der Waals surface area contributed by atoms with Gasteiger partial charge in [-0.15, -0.1) is 0 Å². The first-order valence-electron chi connectivity index (χ1n) is 7.27. The van der Waals surface area contributed by atoms with Crippen molar-refractivity contribution < 1.29 is 9.59 Å². The molecule has 2 heterocycles. The molecule has 0 radical (unpaired) electrons. The first-order valence-corrected chi connectivity index (χ1v) is 8.32. The van der Waals surface area contributed by atoms with Crippen LogP contribution in [0.4, 0.5) is 0 Å². The minimum atomic E-state index is -0.646. The summed E-state index contributed by atoms with van der Waals surface area (Å²) in [5.41, 5.74) is -0.646. The Labute approximate surface area is 118 Å². The van der Waals surface area contributed by atoms with Gasteiger partial charge >= 0.3 is 0 Å². The number of hydrogen-bond donors (Lipinski definition) is 1. The van der Waals surface area contributed by atoms with E-state index in [2.05, 4.69) is 5.32 Å². The van der Waals surface area contributed by atoms with Gasteiger partial charge in [0.05, 0.1) is 0 Å². The molecule has 3 fully saturated rings. The number of rotatable bonds is 3. The number of hydrogen-bond acceptors (Lipinski definition) is 3. The van der Waals surface area contributed by atoms with Crippen LogP contribution in [0, 0.1) is 5.92 Å². The number of carbonyl (C=O) groups excluding carboxylic acids is 2. The molecule has 0 aromatic heterocycles. The van der Waals surface area contributed by atoms with E-state index in [-0.39, 0.29) is 17.9 Å². The van der Waals surface area contributed by atoms with Gasteiger partial charge in [-0.25, -0.2) is 0 Å². The fourth-order valence-electron chi connectivity index (χ4n) is 3.22. The zero-order valence-corrected chi connectivity index (χ0v) is 12.5. The van der Waals surface area contributed by atoms with Crippen LogP contribution in [-0.4, -0.2) is 45.8 Å². The van der Waals surface area contributed by atoms with Crippen LogP contribution in [0.2, 0.25) is 0 Å². The van der Waals surface area contributed by atoms with E-state index >= 15 is 0 Å². The normalized spacial score (nSPS) is 39.6. The van der Waals surface area contributed by atoms with Crippen LogP contribution in [0.15, 0.2) is 0 Å². The molecule has 3 unspecified atom stereocenters. The molecule has 1 aliphatic carbocycles. The van der Waals surface area contributed by atoms with Crippen LogP contribution < -0.4 is 5.32 Å². The van der Waals surface area contributed by atoms with Gasteiger partial charge in [-0.3, -0.25) is 9.59 Å². The average molecular weight is 282 g/mol. The topological polar surface area (TPSA) is 49.4 Å². The third-order valence-electron chi connectivity index (χ3n) is 4.75.